The number of nitrogens with zero attached hydrogens (tertiary/aromatic N) is 3. The zero-order valence-electron chi connectivity index (χ0n) is 13.3. The first-order valence-corrected chi connectivity index (χ1v) is 7.27. The van der Waals surface area contributed by atoms with Crippen molar-refractivity contribution < 1.29 is 0 Å². The lowest BCUT2D eigenvalue weighted by atomic mass is 9.86. The summed E-state index contributed by atoms with van der Waals surface area (Å²) in [6.07, 6.45) is 1.79. The van der Waals surface area contributed by atoms with Crippen LogP contribution in [0.25, 0.3) is 11.3 Å². The molecule has 0 aliphatic heterocycles. The summed E-state index contributed by atoms with van der Waals surface area (Å²) in [6.45, 7) is 7.97. The van der Waals surface area contributed by atoms with Gasteiger partial charge in [0, 0.05) is 31.9 Å². The SMILES string of the molecule is CN(CCN)c1nccc(-c2ccc(C(C)(C)C)cc2)n1. The molecular formula is C17H24N4. The molecule has 0 amide bonds. The topological polar surface area (TPSA) is 55.0 Å². The van der Waals surface area contributed by atoms with Crippen LogP contribution in [0.2, 0.25) is 0 Å². The number of aromatic nitrogens is 2. The van der Waals surface area contributed by atoms with E-state index in [0.717, 1.165) is 17.8 Å². The Morgan fingerprint density at radius 2 is 1.76 bits per heavy atom. The molecule has 0 saturated heterocycles. The van der Waals surface area contributed by atoms with Gasteiger partial charge in [-0.15, -0.1) is 0 Å². The largest absolute Gasteiger partial charge is 0.343 e. The van der Waals surface area contributed by atoms with Crippen molar-refractivity contribution in [2.75, 3.05) is 25.0 Å². The Balaban J connectivity index is 2.28. The second-order valence-electron chi connectivity index (χ2n) is 6.28. The maximum absolute atomic E-state index is 5.58. The second-order valence-corrected chi connectivity index (χ2v) is 6.28. The van der Waals surface area contributed by atoms with Gasteiger partial charge in [-0.3, -0.25) is 0 Å². The van der Waals surface area contributed by atoms with Crippen molar-refractivity contribution in [2.24, 2.45) is 5.73 Å². The Morgan fingerprint density at radius 1 is 1.10 bits per heavy atom. The Kier molecular flexibility index (Phi) is 4.58. The average Bonchev–Trinajstić information content (AvgIpc) is 2.47. The lowest BCUT2D eigenvalue weighted by molar-refractivity contribution is 0.590. The number of likely N-dealkylation sites (N-methyl/N-ethyl adjacent to an activating group) is 1. The third-order valence-electron chi connectivity index (χ3n) is 3.50. The van der Waals surface area contributed by atoms with Gasteiger partial charge in [0.25, 0.3) is 0 Å². The van der Waals surface area contributed by atoms with Gasteiger partial charge in [-0.05, 0) is 17.0 Å². The van der Waals surface area contributed by atoms with Crippen LogP contribution >= 0.6 is 0 Å². The van der Waals surface area contributed by atoms with Crippen LogP contribution in [0.4, 0.5) is 5.95 Å². The molecule has 2 aromatic rings. The molecule has 0 radical (unpaired) electrons. The molecule has 21 heavy (non-hydrogen) atoms. The number of hydrogen-bond donors (Lipinski definition) is 1. The number of hydrogen-bond acceptors (Lipinski definition) is 4. The van der Waals surface area contributed by atoms with Crippen molar-refractivity contribution in [3.8, 4) is 11.3 Å². The highest BCUT2D eigenvalue weighted by atomic mass is 15.2. The van der Waals surface area contributed by atoms with E-state index in [9.17, 15) is 0 Å². The van der Waals surface area contributed by atoms with Crippen LogP contribution in [0.1, 0.15) is 26.3 Å². The predicted octanol–water partition coefficient (Wildman–Crippen LogP) is 2.84. The normalized spacial score (nSPS) is 11.5. The molecule has 0 aliphatic carbocycles. The van der Waals surface area contributed by atoms with Crippen molar-refractivity contribution in [1.29, 1.82) is 0 Å². The van der Waals surface area contributed by atoms with Gasteiger partial charge < -0.3 is 10.6 Å². The maximum Gasteiger partial charge on any atom is 0.225 e. The number of anilines is 1. The minimum Gasteiger partial charge on any atom is -0.343 e. The molecule has 0 spiro atoms. The molecule has 0 saturated carbocycles. The summed E-state index contributed by atoms with van der Waals surface area (Å²) in [5.41, 5.74) is 9.10. The van der Waals surface area contributed by atoms with Gasteiger partial charge in [0.2, 0.25) is 5.95 Å². The van der Waals surface area contributed by atoms with E-state index in [1.807, 2.05) is 18.0 Å². The summed E-state index contributed by atoms with van der Waals surface area (Å²) in [4.78, 5) is 10.9. The Hall–Kier alpha value is -1.94. The fourth-order valence-corrected chi connectivity index (χ4v) is 2.13. The lowest BCUT2D eigenvalue weighted by Gasteiger charge is -2.19. The van der Waals surface area contributed by atoms with Crippen LogP contribution in [0, 0.1) is 0 Å². The Morgan fingerprint density at radius 3 is 2.33 bits per heavy atom. The fraction of sp³-hybridized carbons (Fsp3) is 0.412. The predicted molar refractivity (Wildman–Crippen MR) is 88.5 cm³/mol. The van der Waals surface area contributed by atoms with E-state index in [4.69, 9.17) is 5.73 Å². The van der Waals surface area contributed by atoms with Gasteiger partial charge in [-0.25, -0.2) is 9.97 Å². The second kappa shape index (κ2) is 6.22. The molecule has 2 rings (SSSR count). The summed E-state index contributed by atoms with van der Waals surface area (Å²) in [6, 6.07) is 10.5. The molecule has 1 heterocycles. The Labute approximate surface area is 127 Å². The number of benzene rings is 1. The van der Waals surface area contributed by atoms with Crippen molar-refractivity contribution in [2.45, 2.75) is 26.2 Å². The summed E-state index contributed by atoms with van der Waals surface area (Å²) in [5, 5.41) is 0. The fourth-order valence-electron chi connectivity index (χ4n) is 2.13. The van der Waals surface area contributed by atoms with E-state index >= 15 is 0 Å². The van der Waals surface area contributed by atoms with Gasteiger partial charge in [0.15, 0.2) is 0 Å². The first-order valence-electron chi connectivity index (χ1n) is 7.27. The van der Waals surface area contributed by atoms with Gasteiger partial charge in [0.1, 0.15) is 0 Å². The highest BCUT2D eigenvalue weighted by Crippen LogP contribution is 2.25. The van der Waals surface area contributed by atoms with E-state index in [2.05, 4.69) is 55.0 Å². The molecule has 112 valence electrons. The third-order valence-corrected chi connectivity index (χ3v) is 3.50. The molecule has 0 aliphatic rings. The number of rotatable bonds is 4. The summed E-state index contributed by atoms with van der Waals surface area (Å²) < 4.78 is 0. The van der Waals surface area contributed by atoms with E-state index in [1.54, 1.807) is 6.20 Å². The minimum absolute atomic E-state index is 0.163. The van der Waals surface area contributed by atoms with Crippen LogP contribution in [-0.4, -0.2) is 30.1 Å². The van der Waals surface area contributed by atoms with E-state index < -0.39 is 0 Å². The maximum atomic E-state index is 5.58. The van der Waals surface area contributed by atoms with Crippen molar-refractivity contribution in [3.05, 3.63) is 42.1 Å². The smallest absolute Gasteiger partial charge is 0.225 e. The average molecular weight is 284 g/mol. The van der Waals surface area contributed by atoms with E-state index in [0.29, 0.717) is 12.5 Å². The molecule has 1 aromatic heterocycles. The van der Waals surface area contributed by atoms with Crippen LogP contribution in [0.15, 0.2) is 36.5 Å². The van der Waals surface area contributed by atoms with Gasteiger partial charge in [-0.1, -0.05) is 45.0 Å². The molecule has 2 N–H and O–H groups in total. The van der Waals surface area contributed by atoms with Crippen molar-refractivity contribution in [1.82, 2.24) is 9.97 Å². The highest BCUT2D eigenvalue weighted by molar-refractivity contribution is 5.60. The van der Waals surface area contributed by atoms with Crippen LogP contribution < -0.4 is 10.6 Å². The molecule has 4 heteroatoms. The number of nitrogens with two attached hydrogens (primary N) is 1. The Bertz CT molecular complexity index is 584. The molecular weight excluding hydrogens is 260 g/mol. The minimum atomic E-state index is 0.163. The molecule has 0 fully saturated rings. The van der Waals surface area contributed by atoms with Gasteiger partial charge in [-0.2, -0.15) is 0 Å². The quantitative estimate of drug-likeness (QED) is 0.938. The summed E-state index contributed by atoms with van der Waals surface area (Å²) in [7, 11) is 1.95. The molecule has 4 nitrogen and oxygen atoms in total. The molecule has 1 aromatic carbocycles. The standard InChI is InChI=1S/C17H24N4/c1-17(2,3)14-7-5-13(6-8-14)15-9-11-19-16(20-15)21(4)12-10-18/h5-9,11H,10,12,18H2,1-4H3. The zero-order chi connectivity index (χ0) is 15.5. The van der Waals surface area contributed by atoms with Crippen LogP contribution in [0.5, 0.6) is 0 Å². The van der Waals surface area contributed by atoms with E-state index in [1.165, 1.54) is 5.56 Å². The molecule has 0 atom stereocenters. The lowest BCUT2D eigenvalue weighted by Crippen LogP contribution is -2.26. The van der Waals surface area contributed by atoms with Gasteiger partial charge in [0.05, 0.1) is 5.69 Å². The van der Waals surface area contributed by atoms with Crippen molar-refractivity contribution >= 4 is 5.95 Å². The van der Waals surface area contributed by atoms with Gasteiger partial charge >= 0.3 is 0 Å². The molecule has 0 unspecified atom stereocenters. The van der Waals surface area contributed by atoms with Crippen LogP contribution in [0.3, 0.4) is 0 Å². The van der Waals surface area contributed by atoms with Crippen LogP contribution in [-0.2, 0) is 5.41 Å². The van der Waals surface area contributed by atoms with Crippen molar-refractivity contribution in [3.63, 3.8) is 0 Å². The first-order chi connectivity index (χ1) is 9.91. The summed E-state index contributed by atoms with van der Waals surface area (Å²) in [5.74, 6) is 0.706. The van der Waals surface area contributed by atoms with E-state index in [-0.39, 0.29) is 5.41 Å². The monoisotopic (exact) mass is 284 g/mol. The molecule has 0 bridgehead atoms. The highest BCUT2D eigenvalue weighted by Gasteiger charge is 2.13. The third kappa shape index (κ3) is 3.79. The summed E-state index contributed by atoms with van der Waals surface area (Å²) >= 11 is 0. The zero-order valence-corrected chi connectivity index (χ0v) is 13.3. The first kappa shape index (κ1) is 15.4.